The molecule has 2 nitrogen and oxygen atoms in total. The van der Waals surface area contributed by atoms with Crippen molar-refractivity contribution in [1.82, 2.24) is 4.57 Å². The van der Waals surface area contributed by atoms with Crippen LogP contribution in [0.2, 0.25) is 0 Å². The highest BCUT2D eigenvalue weighted by atomic mass is 19.4. The molecule has 0 saturated carbocycles. The largest absolute Gasteiger partial charge is 0.416 e. The molecular formula is C52H32F6N2. The van der Waals surface area contributed by atoms with E-state index in [1.807, 2.05) is 97.1 Å². The molecule has 8 heteroatoms. The van der Waals surface area contributed by atoms with Gasteiger partial charge in [-0.1, -0.05) is 109 Å². The van der Waals surface area contributed by atoms with Crippen LogP contribution in [0.25, 0.3) is 71.3 Å². The number of aromatic nitrogens is 1. The first-order valence-corrected chi connectivity index (χ1v) is 19.3. The second-order valence-electron chi connectivity index (χ2n) is 14.7. The second-order valence-corrected chi connectivity index (χ2v) is 14.7. The minimum Gasteiger partial charge on any atom is -0.310 e. The quantitative estimate of drug-likeness (QED) is 0.120. The number of rotatable bonds is 6. The Kier molecular flexibility index (Phi) is 8.75. The Balaban J connectivity index is 1.22. The average molecular weight is 799 g/mol. The van der Waals surface area contributed by atoms with E-state index < -0.39 is 23.5 Å². The molecule has 0 unspecified atom stereocenters. The summed E-state index contributed by atoms with van der Waals surface area (Å²) in [5.41, 5.74) is 5.65. The van der Waals surface area contributed by atoms with E-state index in [2.05, 4.69) is 45.9 Å². The van der Waals surface area contributed by atoms with Gasteiger partial charge in [-0.3, -0.25) is 0 Å². The van der Waals surface area contributed by atoms with Gasteiger partial charge >= 0.3 is 12.4 Å². The number of alkyl halides is 6. The summed E-state index contributed by atoms with van der Waals surface area (Å²) < 4.78 is 87.4. The molecule has 0 atom stereocenters. The van der Waals surface area contributed by atoms with Crippen molar-refractivity contribution >= 4 is 60.4 Å². The minimum atomic E-state index is -4.60. The van der Waals surface area contributed by atoms with Crippen molar-refractivity contribution < 1.29 is 26.3 Å². The van der Waals surface area contributed by atoms with E-state index in [0.29, 0.717) is 49.5 Å². The van der Waals surface area contributed by atoms with Crippen molar-refractivity contribution in [3.8, 4) is 27.9 Å². The number of para-hydroxylation sites is 3. The fourth-order valence-corrected chi connectivity index (χ4v) is 8.61. The van der Waals surface area contributed by atoms with E-state index in [1.165, 1.54) is 12.1 Å². The summed E-state index contributed by atoms with van der Waals surface area (Å²) in [5.74, 6) is 0. The lowest BCUT2D eigenvalue weighted by Crippen LogP contribution is -2.10. The maximum atomic E-state index is 14.2. The van der Waals surface area contributed by atoms with Gasteiger partial charge in [-0.15, -0.1) is 0 Å². The first-order chi connectivity index (χ1) is 29.0. The molecule has 0 spiro atoms. The molecule has 0 aliphatic rings. The normalized spacial score (nSPS) is 12.2. The Labute approximate surface area is 340 Å². The zero-order valence-electron chi connectivity index (χ0n) is 31.6. The molecule has 0 amide bonds. The molecule has 10 rings (SSSR count). The molecule has 0 saturated heterocycles. The van der Waals surface area contributed by atoms with Gasteiger partial charge in [0.05, 0.1) is 22.2 Å². The maximum absolute atomic E-state index is 14.2. The molecule has 0 aliphatic carbocycles. The van der Waals surface area contributed by atoms with Crippen LogP contribution >= 0.6 is 0 Å². The Bertz CT molecular complexity index is 3180. The lowest BCUT2D eigenvalue weighted by atomic mass is 9.85. The standard InChI is InChI=1S/C52H32F6N2/c53-51(54,55)35-14-10-12-33(30-35)49-43-20-4-5-21-44(43)50(34-13-11-15-36(31-34)52(56,57)58)46-32-40(28-29-45(46)49)59(37-16-2-1-3-17-37)38-24-26-39(27-25-38)60-47-22-8-6-18-41(47)42-19-7-9-23-48(42)60/h1-32H. The predicted molar refractivity (Wildman–Crippen MR) is 231 cm³/mol. The summed E-state index contributed by atoms with van der Waals surface area (Å²) >= 11 is 0. The number of fused-ring (bicyclic) bond motifs is 5. The second kappa shape index (κ2) is 14.2. The van der Waals surface area contributed by atoms with Crippen LogP contribution in [0.4, 0.5) is 43.4 Å². The van der Waals surface area contributed by atoms with Gasteiger partial charge in [0.1, 0.15) is 0 Å². The SMILES string of the molecule is FC(F)(F)c1cccc(-c2c3ccccc3c(-c3cccc(C(F)(F)F)c3)c3cc(N(c4ccccc4)c4ccc(-n5c6ccccc6c6ccccc65)cc4)ccc23)c1. The van der Waals surface area contributed by atoms with Crippen molar-refractivity contribution in [3.05, 3.63) is 205 Å². The third kappa shape index (κ3) is 6.32. The first-order valence-electron chi connectivity index (χ1n) is 19.3. The lowest BCUT2D eigenvalue weighted by Gasteiger charge is -2.27. The van der Waals surface area contributed by atoms with Gasteiger partial charge < -0.3 is 9.47 Å². The molecule has 60 heavy (non-hydrogen) atoms. The summed E-state index contributed by atoms with van der Waals surface area (Å²) in [5, 5.41) is 4.70. The number of nitrogens with zero attached hydrogens (tertiary/aromatic N) is 2. The van der Waals surface area contributed by atoms with Crippen LogP contribution in [0.3, 0.4) is 0 Å². The van der Waals surface area contributed by atoms with E-state index in [-0.39, 0.29) is 0 Å². The minimum absolute atomic E-state index is 0.334. The Morgan fingerprint density at radius 1 is 0.333 bits per heavy atom. The van der Waals surface area contributed by atoms with Crippen molar-refractivity contribution in [3.63, 3.8) is 0 Å². The van der Waals surface area contributed by atoms with Crippen molar-refractivity contribution in [2.45, 2.75) is 12.4 Å². The predicted octanol–water partition coefficient (Wildman–Crippen LogP) is 15.9. The molecule has 0 bridgehead atoms. The average Bonchev–Trinajstić information content (AvgIpc) is 3.60. The fraction of sp³-hybridized carbons (Fsp3) is 0.0385. The fourth-order valence-electron chi connectivity index (χ4n) is 8.61. The summed E-state index contributed by atoms with van der Waals surface area (Å²) in [7, 11) is 0. The van der Waals surface area contributed by atoms with Crippen LogP contribution in [0.15, 0.2) is 194 Å². The van der Waals surface area contributed by atoms with E-state index in [0.717, 1.165) is 63.1 Å². The highest BCUT2D eigenvalue weighted by molar-refractivity contribution is 6.22. The van der Waals surface area contributed by atoms with Crippen LogP contribution in [-0.4, -0.2) is 4.57 Å². The molecule has 9 aromatic carbocycles. The van der Waals surface area contributed by atoms with Crippen LogP contribution < -0.4 is 4.90 Å². The van der Waals surface area contributed by atoms with Crippen molar-refractivity contribution in [1.29, 1.82) is 0 Å². The summed E-state index contributed by atoms with van der Waals surface area (Å²) in [4.78, 5) is 2.07. The van der Waals surface area contributed by atoms with Crippen LogP contribution in [0, 0.1) is 0 Å². The van der Waals surface area contributed by atoms with Crippen LogP contribution in [-0.2, 0) is 12.4 Å². The van der Waals surface area contributed by atoms with Gasteiger partial charge in [-0.2, -0.15) is 26.3 Å². The van der Waals surface area contributed by atoms with E-state index in [4.69, 9.17) is 0 Å². The van der Waals surface area contributed by atoms with Crippen LogP contribution in [0.1, 0.15) is 11.1 Å². The molecule has 292 valence electrons. The number of halogens is 6. The third-order valence-electron chi connectivity index (χ3n) is 11.2. The van der Waals surface area contributed by atoms with Crippen LogP contribution in [0.5, 0.6) is 0 Å². The van der Waals surface area contributed by atoms with E-state index in [1.54, 1.807) is 24.3 Å². The molecular weight excluding hydrogens is 767 g/mol. The molecule has 1 heterocycles. The molecule has 0 fully saturated rings. The van der Waals surface area contributed by atoms with Crippen molar-refractivity contribution in [2.24, 2.45) is 0 Å². The number of benzene rings is 9. The topological polar surface area (TPSA) is 8.17 Å². The third-order valence-corrected chi connectivity index (χ3v) is 11.2. The summed E-state index contributed by atoms with van der Waals surface area (Å²) in [6.45, 7) is 0. The smallest absolute Gasteiger partial charge is 0.310 e. The van der Waals surface area contributed by atoms with Crippen molar-refractivity contribution in [2.75, 3.05) is 4.90 Å². The maximum Gasteiger partial charge on any atom is 0.416 e. The lowest BCUT2D eigenvalue weighted by molar-refractivity contribution is -0.138. The first kappa shape index (κ1) is 37.0. The highest BCUT2D eigenvalue weighted by Crippen LogP contribution is 2.48. The zero-order valence-corrected chi connectivity index (χ0v) is 31.6. The van der Waals surface area contributed by atoms with Gasteiger partial charge in [0.2, 0.25) is 0 Å². The molecule has 10 aromatic rings. The Morgan fingerprint density at radius 2 is 0.767 bits per heavy atom. The number of hydrogen-bond acceptors (Lipinski definition) is 1. The Hall–Kier alpha value is -7.32. The van der Waals surface area contributed by atoms with Gasteiger partial charge in [0.15, 0.2) is 0 Å². The summed E-state index contributed by atoms with van der Waals surface area (Å²) in [6.07, 6.45) is -9.18. The molecule has 0 radical (unpaired) electrons. The van der Waals surface area contributed by atoms with Gasteiger partial charge in [0.25, 0.3) is 0 Å². The Morgan fingerprint density at radius 3 is 1.30 bits per heavy atom. The van der Waals surface area contributed by atoms with E-state index in [9.17, 15) is 26.3 Å². The molecule has 0 aliphatic heterocycles. The van der Waals surface area contributed by atoms with Gasteiger partial charge in [0, 0.05) is 33.5 Å². The number of anilines is 3. The van der Waals surface area contributed by atoms with E-state index >= 15 is 0 Å². The van der Waals surface area contributed by atoms with Gasteiger partial charge in [-0.05, 0) is 129 Å². The monoisotopic (exact) mass is 798 g/mol. The highest BCUT2D eigenvalue weighted by Gasteiger charge is 2.32. The summed E-state index contributed by atoms with van der Waals surface area (Å²) in [6, 6.07) is 57.9. The van der Waals surface area contributed by atoms with Gasteiger partial charge in [-0.25, -0.2) is 0 Å². The molecule has 0 N–H and O–H groups in total. The molecule has 1 aromatic heterocycles. The zero-order chi connectivity index (χ0) is 41.2. The number of hydrogen-bond donors (Lipinski definition) is 0.